The second-order valence-electron chi connectivity index (χ2n) is 8.83. The smallest absolute Gasteiger partial charge is 0.240 e. The molecular weight excluding hydrogens is 472 g/mol. The third-order valence-electron chi connectivity index (χ3n) is 6.40. The number of nitrogens with zero attached hydrogens (tertiary/aromatic N) is 1. The molecule has 0 unspecified atom stereocenters. The van der Waals surface area contributed by atoms with Crippen molar-refractivity contribution < 1.29 is 22.0 Å². The number of rotatable bonds is 7. The van der Waals surface area contributed by atoms with E-state index in [0.29, 0.717) is 36.8 Å². The highest BCUT2D eigenvalue weighted by atomic mass is 32.2. The van der Waals surface area contributed by atoms with Gasteiger partial charge in [-0.2, -0.15) is 0 Å². The Morgan fingerprint density at radius 3 is 2.26 bits per heavy atom. The van der Waals surface area contributed by atoms with Gasteiger partial charge in [-0.05, 0) is 74.1 Å². The molecule has 0 bridgehead atoms. The molecule has 1 saturated carbocycles. The molecule has 3 aromatic rings. The Morgan fingerprint density at radius 1 is 0.971 bits per heavy atom. The van der Waals surface area contributed by atoms with E-state index in [2.05, 4.69) is 15.0 Å². The van der Waals surface area contributed by atoms with Crippen LogP contribution in [-0.4, -0.2) is 25.4 Å². The van der Waals surface area contributed by atoms with E-state index in [1.165, 1.54) is 36.5 Å². The van der Waals surface area contributed by atoms with E-state index in [4.69, 9.17) is 0 Å². The maximum atomic E-state index is 13.9. The highest BCUT2D eigenvalue weighted by Crippen LogP contribution is 2.28. The molecule has 1 aliphatic carbocycles. The number of halogens is 2. The van der Waals surface area contributed by atoms with Crippen molar-refractivity contribution in [3.8, 4) is 11.1 Å². The van der Waals surface area contributed by atoms with Crippen LogP contribution in [0.25, 0.3) is 11.1 Å². The first-order valence-corrected chi connectivity index (χ1v) is 13.0. The molecule has 4 rings (SSSR count). The summed E-state index contributed by atoms with van der Waals surface area (Å²) in [5.74, 6) is -1.09. The monoisotopic (exact) mass is 499 g/mol. The molecule has 6 nitrogen and oxygen atoms in total. The lowest BCUT2D eigenvalue weighted by Gasteiger charge is -2.29. The molecule has 0 aliphatic heterocycles. The third-order valence-corrected chi connectivity index (χ3v) is 7.93. The summed E-state index contributed by atoms with van der Waals surface area (Å²) in [6, 6.07) is 13.1. The SMILES string of the molecule is C[C@@H](NC(=O)C1CCC(NS(=O)(=O)c2ccc(-c3ccncc3F)cc2)CC1)c1ccc(F)cc1. The molecule has 184 valence electrons. The van der Waals surface area contributed by atoms with Gasteiger partial charge in [-0.3, -0.25) is 9.78 Å². The maximum Gasteiger partial charge on any atom is 0.240 e. The number of carbonyl (C=O) groups is 1. The summed E-state index contributed by atoms with van der Waals surface area (Å²) >= 11 is 0. The molecule has 0 saturated heterocycles. The van der Waals surface area contributed by atoms with E-state index in [1.807, 2.05) is 6.92 Å². The predicted octanol–water partition coefficient (Wildman–Crippen LogP) is 4.74. The van der Waals surface area contributed by atoms with Gasteiger partial charge < -0.3 is 5.32 Å². The number of hydrogen-bond acceptors (Lipinski definition) is 4. The second kappa shape index (κ2) is 10.6. The van der Waals surface area contributed by atoms with Crippen molar-refractivity contribution in [2.24, 2.45) is 5.92 Å². The van der Waals surface area contributed by atoms with Crippen LogP contribution in [-0.2, 0) is 14.8 Å². The number of amides is 1. The fourth-order valence-corrected chi connectivity index (χ4v) is 5.65. The van der Waals surface area contributed by atoms with E-state index in [1.54, 1.807) is 24.3 Å². The zero-order valence-electron chi connectivity index (χ0n) is 19.2. The van der Waals surface area contributed by atoms with Crippen LogP contribution in [0.4, 0.5) is 8.78 Å². The summed E-state index contributed by atoms with van der Waals surface area (Å²) in [7, 11) is -3.75. The van der Waals surface area contributed by atoms with Gasteiger partial charge in [-0.1, -0.05) is 24.3 Å². The van der Waals surface area contributed by atoms with Gasteiger partial charge in [0.05, 0.1) is 17.1 Å². The Balaban J connectivity index is 1.31. The third kappa shape index (κ3) is 6.10. The first kappa shape index (κ1) is 24.9. The molecule has 9 heteroatoms. The minimum absolute atomic E-state index is 0.0814. The maximum absolute atomic E-state index is 13.9. The summed E-state index contributed by atoms with van der Waals surface area (Å²) in [5.41, 5.74) is 1.73. The van der Waals surface area contributed by atoms with Gasteiger partial charge >= 0.3 is 0 Å². The van der Waals surface area contributed by atoms with Gasteiger partial charge in [0.2, 0.25) is 15.9 Å². The zero-order chi connectivity index (χ0) is 25.0. The molecule has 1 aromatic heterocycles. The largest absolute Gasteiger partial charge is 0.349 e. The van der Waals surface area contributed by atoms with Crippen molar-refractivity contribution >= 4 is 15.9 Å². The lowest BCUT2D eigenvalue weighted by Crippen LogP contribution is -2.41. The van der Waals surface area contributed by atoms with Crippen molar-refractivity contribution in [2.75, 3.05) is 0 Å². The minimum atomic E-state index is -3.75. The second-order valence-corrected chi connectivity index (χ2v) is 10.5. The molecule has 0 radical (unpaired) electrons. The van der Waals surface area contributed by atoms with Gasteiger partial charge in [0.1, 0.15) is 11.6 Å². The van der Waals surface area contributed by atoms with Crippen molar-refractivity contribution in [1.29, 1.82) is 0 Å². The topological polar surface area (TPSA) is 88.2 Å². The summed E-state index contributed by atoms with van der Waals surface area (Å²) < 4.78 is 55.5. The van der Waals surface area contributed by atoms with Crippen LogP contribution in [0.2, 0.25) is 0 Å². The summed E-state index contributed by atoms with van der Waals surface area (Å²) in [6.07, 6.45) is 4.81. The van der Waals surface area contributed by atoms with Gasteiger partial charge in [0, 0.05) is 23.7 Å². The predicted molar refractivity (Wildman–Crippen MR) is 129 cm³/mol. The Kier molecular flexibility index (Phi) is 7.57. The highest BCUT2D eigenvalue weighted by Gasteiger charge is 2.29. The molecular formula is C26H27F2N3O3S. The van der Waals surface area contributed by atoms with Crippen molar-refractivity contribution in [3.63, 3.8) is 0 Å². The van der Waals surface area contributed by atoms with Gasteiger partial charge in [0.25, 0.3) is 0 Å². The average Bonchev–Trinajstić information content (AvgIpc) is 2.85. The number of benzene rings is 2. The molecule has 0 spiro atoms. The number of aromatic nitrogens is 1. The fourth-order valence-electron chi connectivity index (χ4n) is 4.35. The fraction of sp³-hybridized carbons (Fsp3) is 0.308. The van der Waals surface area contributed by atoms with Gasteiger partial charge in [-0.15, -0.1) is 0 Å². The Bertz CT molecular complexity index is 1270. The van der Waals surface area contributed by atoms with Crippen LogP contribution in [0.5, 0.6) is 0 Å². The molecule has 1 heterocycles. The molecule has 35 heavy (non-hydrogen) atoms. The van der Waals surface area contributed by atoms with Crippen LogP contribution in [0.15, 0.2) is 71.9 Å². The summed E-state index contributed by atoms with van der Waals surface area (Å²) in [6.45, 7) is 1.85. The molecule has 1 atom stereocenters. The van der Waals surface area contributed by atoms with Crippen LogP contribution in [0, 0.1) is 17.6 Å². The quantitative estimate of drug-likeness (QED) is 0.492. The lowest BCUT2D eigenvalue weighted by molar-refractivity contribution is -0.126. The molecule has 1 aliphatic rings. The molecule has 2 N–H and O–H groups in total. The minimum Gasteiger partial charge on any atom is -0.349 e. The molecule has 1 amide bonds. The Labute approximate surface area is 203 Å². The van der Waals surface area contributed by atoms with E-state index < -0.39 is 15.8 Å². The number of sulfonamides is 1. The number of nitrogens with one attached hydrogen (secondary N) is 2. The van der Waals surface area contributed by atoms with Crippen molar-refractivity contribution in [2.45, 2.75) is 49.6 Å². The standard InChI is InChI=1S/C26H27F2N3O3S/c1-17(18-2-8-21(27)9-3-18)30-26(32)20-4-10-22(11-5-20)31-35(33,34)23-12-6-19(7-13-23)24-14-15-29-16-25(24)28/h2-3,6-9,12-17,20,22,31H,4-5,10-11H2,1H3,(H,30,32)/t17-,20?,22?/m1/s1. The average molecular weight is 500 g/mol. The zero-order valence-corrected chi connectivity index (χ0v) is 20.1. The lowest BCUT2D eigenvalue weighted by atomic mass is 9.85. The summed E-state index contributed by atoms with van der Waals surface area (Å²) in [5, 5.41) is 2.97. The normalized spacial score (nSPS) is 19.2. The number of hydrogen-bond donors (Lipinski definition) is 2. The first-order chi connectivity index (χ1) is 16.7. The number of pyridine rings is 1. The van der Waals surface area contributed by atoms with E-state index >= 15 is 0 Å². The molecule has 1 fully saturated rings. The molecule has 2 aromatic carbocycles. The van der Waals surface area contributed by atoms with E-state index in [9.17, 15) is 22.0 Å². The van der Waals surface area contributed by atoms with E-state index in [0.717, 1.165) is 11.8 Å². The Hall–Kier alpha value is -3.17. The van der Waals surface area contributed by atoms with Gasteiger partial charge in [0.15, 0.2) is 0 Å². The van der Waals surface area contributed by atoms with Crippen LogP contribution >= 0.6 is 0 Å². The van der Waals surface area contributed by atoms with Crippen molar-refractivity contribution in [1.82, 2.24) is 15.0 Å². The highest BCUT2D eigenvalue weighted by molar-refractivity contribution is 7.89. The van der Waals surface area contributed by atoms with E-state index in [-0.39, 0.29) is 34.6 Å². The number of carbonyl (C=O) groups excluding carboxylic acids is 1. The first-order valence-electron chi connectivity index (χ1n) is 11.5. The Morgan fingerprint density at radius 2 is 1.63 bits per heavy atom. The van der Waals surface area contributed by atoms with Gasteiger partial charge in [-0.25, -0.2) is 21.9 Å². The van der Waals surface area contributed by atoms with Crippen LogP contribution < -0.4 is 10.0 Å². The van der Waals surface area contributed by atoms with Crippen LogP contribution in [0.1, 0.15) is 44.2 Å². The van der Waals surface area contributed by atoms with Crippen molar-refractivity contribution in [3.05, 3.63) is 84.2 Å². The van der Waals surface area contributed by atoms with Crippen LogP contribution in [0.3, 0.4) is 0 Å². The summed E-state index contributed by atoms with van der Waals surface area (Å²) in [4.78, 5) is 16.5.